The van der Waals surface area contributed by atoms with Crippen molar-refractivity contribution >= 4 is 16.1 Å². The van der Waals surface area contributed by atoms with Crippen LogP contribution in [0.15, 0.2) is 0 Å². The molecule has 0 spiro atoms. The van der Waals surface area contributed by atoms with Crippen LogP contribution in [0.3, 0.4) is 0 Å². The molecule has 0 saturated carbocycles. The summed E-state index contributed by atoms with van der Waals surface area (Å²) in [6.45, 7) is 5.34. The molecule has 0 aliphatic carbocycles. The Morgan fingerprint density at radius 3 is 2.20 bits per heavy atom. The normalized spacial score (nSPS) is 12.5. The summed E-state index contributed by atoms with van der Waals surface area (Å²) in [7, 11) is -3.41. The Kier molecular flexibility index (Phi) is 5.23. The molecule has 0 saturated heterocycles. The lowest BCUT2D eigenvalue weighted by Crippen LogP contribution is -2.23. The molecule has 0 heterocycles. The van der Waals surface area contributed by atoms with Crippen molar-refractivity contribution in [3.8, 4) is 0 Å². The lowest BCUT2D eigenvalue weighted by Gasteiger charge is -2.19. The van der Waals surface area contributed by atoms with Crippen LogP contribution < -0.4 is 0 Å². The molecule has 0 aliphatic rings. The van der Waals surface area contributed by atoms with Crippen molar-refractivity contribution in [2.75, 3.05) is 12.9 Å². The lowest BCUT2D eigenvalue weighted by atomic mass is 10.2. The third-order valence-corrected chi connectivity index (χ3v) is 1.84. The number of carbonyl (C=O) groups is 1. The zero-order chi connectivity index (χ0) is 12.1. The second-order valence-electron chi connectivity index (χ2n) is 4.22. The van der Waals surface area contributed by atoms with E-state index < -0.39 is 15.7 Å². The molecule has 15 heavy (non-hydrogen) atoms. The molecule has 0 fully saturated rings. The average Bonchev–Trinajstić information content (AvgIpc) is 1.92. The third-order valence-electron chi connectivity index (χ3n) is 1.24. The monoisotopic (exact) mass is 238 g/mol. The number of carbonyl (C=O) groups excluding carboxylic acids is 1. The third kappa shape index (κ3) is 11.3. The van der Waals surface area contributed by atoms with Crippen molar-refractivity contribution in [2.24, 2.45) is 0 Å². The Balaban J connectivity index is 3.66. The number of rotatable bonds is 5. The highest BCUT2D eigenvalue weighted by Crippen LogP contribution is 2.09. The van der Waals surface area contributed by atoms with Crippen LogP contribution in [-0.4, -0.2) is 32.9 Å². The van der Waals surface area contributed by atoms with Gasteiger partial charge >= 0.3 is 5.97 Å². The van der Waals surface area contributed by atoms with Crippen molar-refractivity contribution in [2.45, 2.75) is 39.2 Å². The smallest absolute Gasteiger partial charge is 0.306 e. The molecule has 0 amide bonds. The second-order valence-corrected chi connectivity index (χ2v) is 5.86. The van der Waals surface area contributed by atoms with Gasteiger partial charge in [-0.3, -0.25) is 8.98 Å². The molecule has 0 aromatic heterocycles. The van der Waals surface area contributed by atoms with E-state index in [1.54, 1.807) is 20.8 Å². The highest BCUT2D eigenvalue weighted by molar-refractivity contribution is 7.85. The van der Waals surface area contributed by atoms with Crippen LogP contribution in [-0.2, 0) is 23.8 Å². The molecule has 0 bridgehead atoms. The zero-order valence-electron chi connectivity index (χ0n) is 9.57. The van der Waals surface area contributed by atoms with E-state index in [9.17, 15) is 13.2 Å². The summed E-state index contributed by atoms with van der Waals surface area (Å²) in [5.41, 5.74) is -0.505. The highest BCUT2D eigenvalue weighted by atomic mass is 32.2. The van der Waals surface area contributed by atoms with Crippen molar-refractivity contribution < 1.29 is 22.1 Å². The predicted octanol–water partition coefficient (Wildman–Crippen LogP) is 1.08. The average molecular weight is 238 g/mol. The van der Waals surface area contributed by atoms with Gasteiger partial charge < -0.3 is 4.74 Å². The van der Waals surface area contributed by atoms with Crippen LogP contribution in [0.4, 0.5) is 0 Å². The Hall–Kier alpha value is -0.620. The molecule has 0 aromatic carbocycles. The lowest BCUT2D eigenvalue weighted by molar-refractivity contribution is -0.155. The van der Waals surface area contributed by atoms with Crippen LogP contribution in [0.25, 0.3) is 0 Å². The molecule has 0 N–H and O–H groups in total. The zero-order valence-corrected chi connectivity index (χ0v) is 10.4. The van der Waals surface area contributed by atoms with E-state index in [2.05, 4.69) is 4.18 Å². The van der Waals surface area contributed by atoms with Gasteiger partial charge in [-0.2, -0.15) is 8.42 Å². The molecule has 0 aliphatic heterocycles. The molecule has 5 nitrogen and oxygen atoms in total. The minimum absolute atomic E-state index is 0.0120. The van der Waals surface area contributed by atoms with Crippen molar-refractivity contribution in [3.05, 3.63) is 0 Å². The summed E-state index contributed by atoms with van der Waals surface area (Å²) in [5.74, 6) is -0.348. The maximum atomic E-state index is 11.2. The first-order valence-electron chi connectivity index (χ1n) is 4.66. The minimum Gasteiger partial charge on any atom is -0.460 e. The summed E-state index contributed by atoms with van der Waals surface area (Å²) in [4.78, 5) is 11.2. The van der Waals surface area contributed by atoms with E-state index in [1.807, 2.05) is 0 Å². The maximum Gasteiger partial charge on any atom is 0.306 e. The molecule has 6 heteroatoms. The summed E-state index contributed by atoms with van der Waals surface area (Å²) in [6, 6.07) is 0. The maximum absolute atomic E-state index is 11.2. The number of ether oxygens (including phenoxy) is 1. The Labute approximate surface area is 90.9 Å². The number of esters is 1. The summed E-state index contributed by atoms with van der Waals surface area (Å²) in [5, 5.41) is 0. The van der Waals surface area contributed by atoms with E-state index in [1.165, 1.54) is 0 Å². The van der Waals surface area contributed by atoms with Crippen LogP contribution in [0.5, 0.6) is 0 Å². The standard InChI is InChI=1S/C9H18O5S/c1-9(2,3)14-8(10)6-5-7-13-15(4,11)12/h5-7H2,1-4H3. The largest absolute Gasteiger partial charge is 0.460 e. The van der Waals surface area contributed by atoms with Gasteiger partial charge in [0.15, 0.2) is 0 Å². The predicted molar refractivity (Wildman–Crippen MR) is 55.9 cm³/mol. The van der Waals surface area contributed by atoms with Gasteiger partial charge in [-0.05, 0) is 27.2 Å². The number of hydrogen-bond donors (Lipinski definition) is 0. The topological polar surface area (TPSA) is 69.7 Å². The van der Waals surface area contributed by atoms with Crippen LogP contribution >= 0.6 is 0 Å². The van der Waals surface area contributed by atoms with E-state index in [0.717, 1.165) is 6.26 Å². The van der Waals surface area contributed by atoms with Gasteiger partial charge in [0, 0.05) is 6.42 Å². The molecule has 0 unspecified atom stereocenters. The summed E-state index contributed by atoms with van der Waals surface area (Å²) >= 11 is 0. The van der Waals surface area contributed by atoms with Gasteiger partial charge in [-0.1, -0.05) is 0 Å². The molecular weight excluding hydrogens is 220 g/mol. The molecule has 0 atom stereocenters. The van der Waals surface area contributed by atoms with Gasteiger partial charge in [0.1, 0.15) is 5.60 Å². The molecule has 90 valence electrons. The highest BCUT2D eigenvalue weighted by Gasteiger charge is 2.15. The van der Waals surface area contributed by atoms with Crippen LogP contribution in [0, 0.1) is 0 Å². The van der Waals surface area contributed by atoms with Crippen LogP contribution in [0.1, 0.15) is 33.6 Å². The van der Waals surface area contributed by atoms with Crippen molar-refractivity contribution in [3.63, 3.8) is 0 Å². The van der Waals surface area contributed by atoms with Gasteiger partial charge in [0.2, 0.25) is 0 Å². The minimum atomic E-state index is -3.41. The van der Waals surface area contributed by atoms with Crippen molar-refractivity contribution in [1.29, 1.82) is 0 Å². The fourth-order valence-corrected chi connectivity index (χ4v) is 1.24. The molecular formula is C9H18O5S. The number of hydrogen-bond acceptors (Lipinski definition) is 5. The van der Waals surface area contributed by atoms with Crippen molar-refractivity contribution in [1.82, 2.24) is 0 Å². The second kappa shape index (κ2) is 5.46. The van der Waals surface area contributed by atoms with E-state index in [4.69, 9.17) is 4.74 Å². The van der Waals surface area contributed by atoms with Gasteiger partial charge in [-0.15, -0.1) is 0 Å². The Morgan fingerprint density at radius 2 is 1.80 bits per heavy atom. The first-order valence-corrected chi connectivity index (χ1v) is 6.48. The molecule has 0 radical (unpaired) electrons. The fourth-order valence-electron chi connectivity index (χ4n) is 0.819. The summed E-state index contributed by atoms with van der Waals surface area (Å²) in [6.07, 6.45) is 1.47. The van der Waals surface area contributed by atoms with Crippen LogP contribution in [0.2, 0.25) is 0 Å². The first kappa shape index (κ1) is 14.4. The van der Waals surface area contributed by atoms with E-state index >= 15 is 0 Å². The molecule has 0 rings (SSSR count). The fraction of sp³-hybridized carbons (Fsp3) is 0.889. The molecule has 0 aromatic rings. The Morgan fingerprint density at radius 1 is 1.27 bits per heavy atom. The Bertz CT molecular complexity index is 299. The van der Waals surface area contributed by atoms with Gasteiger partial charge in [0.25, 0.3) is 10.1 Å². The van der Waals surface area contributed by atoms with E-state index in [0.29, 0.717) is 6.42 Å². The van der Waals surface area contributed by atoms with E-state index in [-0.39, 0.29) is 19.0 Å². The quantitative estimate of drug-likeness (QED) is 0.407. The summed E-state index contributed by atoms with van der Waals surface area (Å²) < 4.78 is 30.6. The van der Waals surface area contributed by atoms with Gasteiger partial charge in [0.05, 0.1) is 12.9 Å². The van der Waals surface area contributed by atoms with Gasteiger partial charge in [-0.25, -0.2) is 0 Å². The SMILES string of the molecule is CC(C)(C)OC(=O)CCCOS(C)(=O)=O. The first-order chi connectivity index (χ1) is 6.60.